The van der Waals surface area contributed by atoms with Gasteiger partial charge in [0.1, 0.15) is 0 Å². The van der Waals surface area contributed by atoms with Crippen LogP contribution in [0.15, 0.2) is 36.4 Å². The third kappa shape index (κ3) is 2.84. The molecular weight excluding hydrogens is 290 g/mol. The van der Waals surface area contributed by atoms with Gasteiger partial charge in [-0.05, 0) is 92.1 Å². The van der Waals surface area contributed by atoms with E-state index in [1.54, 1.807) is 0 Å². The molecular formula is C23H27N. The lowest BCUT2D eigenvalue weighted by molar-refractivity contribution is 0.739. The maximum Gasteiger partial charge on any atom is 0.0739 e. The summed E-state index contributed by atoms with van der Waals surface area (Å²) >= 11 is 0. The molecule has 24 heavy (non-hydrogen) atoms. The molecule has 124 valence electrons. The van der Waals surface area contributed by atoms with Crippen LogP contribution in [0.4, 0.5) is 0 Å². The van der Waals surface area contributed by atoms with Crippen LogP contribution in [0.25, 0.3) is 22.2 Å². The van der Waals surface area contributed by atoms with Crippen molar-refractivity contribution in [3.05, 3.63) is 64.2 Å². The van der Waals surface area contributed by atoms with E-state index in [9.17, 15) is 0 Å². The maximum absolute atomic E-state index is 5.03. The predicted molar refractivity (Wildman–Crippen MR) is 105 cm³/mol. The standard InChI is InChI=1S/C23H27N/c1-7-14(2)20-9-8-10-22-21(20)13-17(5)23(24-22)19-11-15(3)18(6)16(4)12-19/h8-14H,7H2,1-6H3. The van der Waals surface area contributed by atoms with Crippen molar-refractivity contribution in [3.8, 4) is 11.3 Å². The molecule has 1 heterocycles. The fraction of sp³-hybridized carbons (Fsp3) is 0.348. The average Bonchev–Trinajstić information content (AvgIpc) is 2.57. The van der Waals surface area contributed by atoms with Crippen molar-refractivity contribution in [1.82, 2.24) is 4.98 Å². The summed E-state index contributed by atoms with van der Waals surface area (Å²) in [5, 5.41) is 1.30. The summed E-state index contributed by atoms with van der Waals surface area (Å²) < 4.78 is 0. The minimum Gasteiger partial charge on any atom is -0.248 e. The zero-order chi connectivity index (χ0) is 17.4. The molecule has 0 saturated heterocycles. The van der Waals surface area contributed by atoms with Crippen molar-refractivity contribution in [2.45, 2.75) is 53.9 Å². The highest BCUT2D eigenvalue weighted by Crippen LogP contribution is 2.32. The van der Waals surface area contributed by atoms with Crippen molar-refractivity contribution >= 4 is 10.9 Å². The summed E-state index contributed by atoms with van der Waals surface area (Å²) in [5.74, 6) is 0.560. The number of nitrogens with zero attached hydrogens (tertiary/aromatic N) is 1. The van der Waals surface area contributed by atoms with Gasteiger partial charge in [-0.2, -0.15) is 0 Å². The van der Waals surface area contributed by atoms with E-state index in [0.717, 1.165) is 17.6 Å². The minimum absolute atomic E-state index is 0.560. The number of aryl methyl sites for hydroxylation is 3. The van der Waals surface area contributed by atoms with Gasteiger partial charge in [0, 0.05) is 10.9 Å². The van der Waals surface area contributed by atoms with Crippen LogP contribution in [-0.4, -0.2) is 4.98 Å². The molecule has 0 aliphatic carbocycles. The summed E-state index contributed by atoms with van der Waals surface area (Å²) in [6.07, 6.45) is 1.15. The van der Waals surface area contributed by atoms with E-state index in [0.29, 0.717) is 5.92 Å². The topological polar surface area (TPSA) is 12.9 Å². The van der Waals surface area contributed by atoms with Crippen LogP contribution >= 0.6 is 0 Å². The third-order valence-corrected chi connectivity index (χ3v) is 5.43. The third-order valence-electron chi connectivity index (χ3n) is 5.43. The van der Waals surface area contributed by atoms with Gasteiger partial charge in [-0.3, -0.25) is 0 Å². The number of hydrogen-bond acceptors (Lipinski definition) is 1. The van der Waals surface area contributed by atoms with E-state index in [1.807, 2.05) is 0 Å². The Morgan fingerprint density at radius 3 is 2.21 bits per heavy atom. The van der Waals surface area contributed by atoms with Crippen LogP contribution in [0.1, 0.15) is 54.0 Å². The lowest BCUT2D eigenvalue weighted by atomic mass is 9.92. The number of hydrogen-bond donors (Lipinski definition) is 0. The van der Waals surface area contributed by atoms with E-state index in [2.05, 4.69) is 77.9 Å². The van der Waals surface area contributed by atoms with Gasteiger partial charge in [0.05, 0.1) is 11.2 Å². The monoisotopic (exact) mass is 317 g/mol. The van der Waals surface area contributed by atoms with Gasteiger partial charge in [-0.25, -0.2) is 4.98 Å². The van der Waals surface area contributed by atoms with Crippen LogP contribution in [0.2, 0.25) is 0 Å². The highest BCUT2D eigenvalue weighted by molar-refractivity contribution is 5.86. The zero-order valence-electron chi connectivity index (χ0n) is 15.7. The lowest BCUT2D eigenvalue weighted by Crippen LogP contribution is -1.97. The van der Waals surface area contributed by atoms with E-state index < -0.39 is 0 Å². The summed E-state index contributed by atoms with van der Waals surface area (Å²) in [6, 6.07) is 13.4. The molecule has 1 aromatic heterocycles. The maximum atomic E-state index is 5.03. The molecule has 1 atom stereocenters. The Morgan fingerprint density at radius 1 is 0.917 bits per heavy atom. The molecule has 1 unspecified atom stereocenters. The molecule has 0 aliphatic heterocycles. The van der Waals surface area contributed by atoms with Crippen molar-refractivity contribution < 1.29 is 0 Å². The molecule has 0 bridgehead atoms. The highest BCUT2D eigenvalue weighted by atomic mass is 14.7. The van der Waals surface area contributed by atoms with Crippen molar-refractivity contribution in [2.75, 3.05) is 0 Å². The van der Waals surface area contributed by atoms with E-state index in [4.69, 9.17) is 4.98 Å². The van der Waals surface area contributed by atoms with Crippen LogP contribution in [0.3, 0.4) is 0 Å². The van der Waals surface area contributed by atoms with Gasteiger partial charge in [0.15, 0.2) is 0 Å². The van der Waals surface area contributed by atoms with Gasteiger partial charge >= 0.3 is 0 Å². The fourth-order valence-corrected chi connectivity index (χ4v) is 3.43. The zero-order valence-corrected chi connectivity index (χ0v) is 15.7. The number of fused-ring (bicyclic) bond motifs is 1. The molecule has 0 fully saturated rings. The molecule has 0 radical (unpaired) electrons. The van der Waals surface area contributed by atoms with Crippen molar-refractivity contribution in [2.24, 2.45) is 0 Å². The highest BCUT2D eigenvalue weighted by Gasteiger charge is 2.13. The number of aromatic nitrogens is 1. The first-order valence-corrected chi connectivity index (χ1v) is 8.90. The molecule has 0 spiro atoms. The molecule has 1 heteroatoms. The Morgan fingerprint density at radius 2 is 1.58 bits per heavy atom. The second kappa shape index (κ2) is 6.39. The molecule has 3 rings (SSSR count). The van der Waals surface area contributed by atoms with E-state index in [1.165, 1.54) is 38.8 Å². The van der Waals surface area contributed by atoms with Gasteiger partial charge in [0.2, 0.25) is 0 Å². The smallest absolute Gasteiger partial charge is 0.0739 e. The Kier molecular flexibility index (Phi) is 4.45. The number of pyridine rings is 1. The van der Waals surface area contributed by atoms with E-state index in [-0.39, 0.29) is 0 Å². The van der Waals surface area contributed by atoms with Crippen LogP contribution in [0.5, 0.6) is 0 Å². The summed E-state index contributed by atoms with van der Waals surface area (Å²) in [4.78, 5) is 5.03. The first-order chi connectivity index (χ1) is 11.4. The first kappa shape index (κ1) is 16.7. The van der Waals surface area contributed by atoms with Gasteiger partial charge in [-0.15, -0.1) is 0 Å². The minimum atomic E-state index is 0.560. The molecule has 3 aromatic rings. The first-order valence-electron chi connectivity index (χ1n) is 8.90. The van der Waals surface area contributed by atoms with Crippen LogP contribution in [0, 0.1) is 27.7 Å². The largest absolute Gasteiger partial charge is 0.248 e. The van der Waals surface area contributed by atoms with Crippen molar-refractivity contribution in [1.29, 1.82) is 0 Å². The normalized spacial score (nSPS) is 12.6. The molecule has 2 aromatic carbocycles. The lowest BCUT2D eigenvalue weighted by Gasteiger charge is -2.15. The van der Waals surface area contributed by atoms with Gasteiger partial charge in [-0.1, -0.05) is 26.0 Å². The van der Waals surface area contributed by atoms with Crippen molar-refractivity contribution in [3.63, 3.8) is 0 Å². The SMILES string of the molecule is CCC(C)c1cccc2nc(-c3cc(C)c(C)c(C)c3)c(C)cc12. The summed E-state index contributed by atoms with van der Waals surface area (Å²) in [7, 11) is 0. The quantitative estimate of drug-likeness (QED) is 0.527. The van der Waals surface area contributed by atoms with Gasteiger partial charge < -0.3 is 0 Å². The molecule has 0 saturated carbocycles. The Labute approximate surface area is 145 Å². The Balaban J connectivity index is 2.23. The molecule has 1 nitrogen and oxygen atoms in total. The second-order valence-electron chi connectivity index (χ2n) is 7.11. The summed E-state index contributed by atoms with van der Waals surface area (Å²) in [5.41, 5.74) is 10.1. The molecule has 0 amide bonds. The van der Waals surface area contributed by atoms with Gasteiger partial charge in [0.25, 0.3) is 0 Å². The fourth-order valence-electron chi connectivity index (χ4n) is 3.43. The number of rotatable bonds is 3. The Bertz CT molecular complexity index is 882. The molecule has 0 N–H and O–H groups in total. The van der Waals surface area contributed by atoms with Crippen LogP contribution < -0.4 is 0 Å². The summed E-state index contributed by atoms with van der Waals surface area (Å²) in [6.45, 7) is 13.3. The Hall–Kier alpha value is -2.15. The predicted octanol–water partition coefficient (Wildman–Crippen LogP) is 6.65. The van der Waals surface area contributed by atoms with Crippen LogP contribution in [-0.2, 0) is 0 Å². The second-order valence-corrected chi connectivity index (χ2v) is 7.11. The number of benzene rings is 2. The average molecular weight is 317 g/mol. The molecule has 0 aliphatic rings. The van der Waals surface area contributed by atoms with E-state index >= 15 is 0 Å².